The van der Waals surface area contributed by atoms with Crippen LogP contribution in [0.3, 0.4) is 0 Å². The SMILES string of the molecule is Cc1c(Cl)cccc1NS(=O)(=O)c1ccc(I)cc1. The van der Waals surface area contributed by atoms with Crippen molar-refractivity contribution in [3.8, 4) is 0 Å². The molecule has 0 fully saturated rings. The lowest BCUT2D eigenvalue weighted by Gasteiger charge is -2.11. The Hall–Kier alpha value is -0.790. The van der Waals surface area contributed by atoms with E-state index in [2.05, 4.69) is 27.3 Å². The maximum absolute atomic E-state index is 12.2. The van der Waals surface area contributed by atoms with Crippen LogP contribution in [0, 0.1) is 10.5 Å². The predicted molar refractivity (Wildman–Crippen MR) is 86.2 cm³/mol. The van der Waals surface area contributed by atoms with Crippen LogP contribution < -0.4 is 4.72 Å². The molecule has 0 aliphatic carbocycles. The van der Waals surface area contributed by atoms with Gasteiger partial charge in [-0.2, -0.15) is 0 Å². The molecule has 0 atom stereocenters. The molecule has 6 heteroatoms. The summed E-state index contributed by atoms with van der Waals surface area (Å²) in [6, 6.07) is 11.8. The molecule has 1 N–H and O–H groups in total. The Morgan fingerprint density at radius 3 is 2.37 bits per heavy atom. The lowest BCUT2D eigenvalue weighted by Crippen LogP contribution is -2.13. The van der Waals surface area contributed by atoms with Crippen LogP contribution in [0.15, 0.2) is 47.4 Å². The van der Waals surface area contributed by atoms with E-state index in [-0.39, 0.29) is 4.90 Å². The van der Waals surface area contributed by atoms with E-state index in [1.165, 1.54) is 0 Å². The van der Waals surface area contributed by atoms with E-state index >= 15 is 0 Å². The number of hydrogen-bond acceptors (Lipinski definition) is 2. The zero-order valence-electron chi connectivity index (χ0n) is 10.0. The van der Waals surface area contributed by atoms with E-state index in [0.717, 1.165) is 3.57 Å². The highest BCUT2D eigenvalue weighted by molar-refractivity contribution is 14.1. The number of halogens is 2. The third kappa shape index (κ3) is 3.40. The van der Waals surface area contributed by atoms with Gasteiger partial charge in [0.1, 0.15) is 0 Å². The molecule has 3 nitrogen and oxygen atoms in total. The Morgan fingerprint density at radius 2 is 1.74 bits per heavy atom. The molecule has 0 aliphatic rings. The van der Waals surface area contributed by atoms with Crippen LogP contribution in [0.25, 0.3) is 0 Å². The van der Waals surface area contributed by atoms with Gasteiger partial charge in [0.15, 0.2) is 0 Å². The van der Waals surface area contributed by atoms with Crippen LogP contribution in [0.1, 0.15) is 5.56 Å². The summed E-state index contributed by atoms with van der Waals surface area (Å²) in [6.07, 6.45) is 0. The highest BCUT2D eigenvalue weighted by Crippen LogP contribution is 2.25. The van der Waals surface area contributed by atoms with Gasteiger partial charge in [0.05, 0.1) is 10.6 Å². The van der Waals surface area contributed by atoms with Gasteiger partial charge in [-0.3, -0.25) is 4.72 Å². The fourth-order valence-electron chi connectivity index (χ4n) is 1.54. The van der Waals surface area contributed by atoms with E-state index in [4.69, 9.17) is 11.6 Å². The van der Waals surface area contributed by atoms with Crippen molar-refractivity contribution in [3.63, 3.8) is 0 Å². The Bertz CT molecular complexity index is 699. The van der Waals surface area contributed by atoms with Crippen molar-refractivity contribution < 1.29 is 8.42 Å². The Kier molecular flexibility index (Phi) is 4.37. The first kappa shape index (κ1) is 14.6. The molecule has 0 aliphatic heterocycles. The van der Waals surface area contributed by atoms with E-state index in [1.54, 1.807) is 49.4 Å². The summed E-state index contributed by atoms with van der Waals surface area (Å²) in [4.78, 5) is 0.229. The Morgan fingerprint density at radius 1 is 1.11 bits per heavy atom. The third-order valence-corrected chi connectivity index (χ3v) is 5.15. The summed E-state index contributed by atoms with van der Waals surface area (Å²) in [6.45, 7) is 1.77. The summed E-state index contributed by atoms with van der Waals surface area (Å²) in [5.41, 5.74) is 1.20. The van der Waals surface area contributed by atoms with Crippen molar-refractivity contribution in [2.75, 3.05) is 4.72 Å². The average Bonchev–Trinajstić information content (AvgIpc) is 2.35. The molecule has 0 radical (unpaired) electrons. The highest BCUT2D eigenvalue weighted by atomic mass is 127. The summed E-state index contributed by atoms with van der Waals surface area (Å²) < 4.78 is 28.0. The van der Waals surface area contributed by atoms with E-state index in [9.17, 15) is 8.42 Å². The molecule has 0 amide bonds. The van der Waals surface area contributed by atoms with Crippen molar-refractivity contribution in [2.24, 2.45) is 0 Å². The summed E-state index contributed by atoms with van der Waals surface area (Å²) in [5, 5.41) is 0.530. The van der Waals surface area contributed by atoms with Crippen molar-refractivity contribution in [3.05, 3.63) is 56.6 Å². The van der Waals surface area contributed by atoms with Crippen LogP contribution in [0.2, 0.25) is 5.02 Å². The van der Waals surface area contributed by atoms with Crippen LogP contribution in [0.5, 0.6) is 0 Å². The minimum Gasteiger partial charge on any atom is -0.279 e. The van der Waals surface area contributed by atoms with Gasteiger partial charge >= 0.3 is 0 Å². The number of sulfonamides is 1. The second kappa shape index (κ2) is 5.68. The molecule has 2 aromatic rings. The molecule has 0 aromatic heterocycles. The maximum Gasteiger partial charge on any atom is 0.261 e. The smallest absolute Gasteiger partial charge is 0.261 e. The van der Waals surface area contributed by atoms with E-state index in [0.29, 0.717) is 16.3 Å². The molecule has 0 heterocycles. The fraction of sp³-hybridized carbons (Fsp3) is 0.0769. The van der Waals surface area contributed by atoms with Gasteiger partial charge in [0, 0.05) is 8.59 Å². The number of hydrogen-bond donors (Lipinski definition) is 1. The van der Waals surface area contributed by atoms with Crippen LogP contribution in [-0.2, 0) is 10.0 Å². The Balaban J connectivity index is 2.36. The van der Waals surface area contributed by atoms with Gasteiger partial charge < -0.3 is 0 Å². The molecule has 0 saturated heterocycles. The number of anilines is 1. The minimum absolute atomic E-state index is 0.229. The van der Waals surface area contributed by atoms with Gasteiger partial charge in [-0.25, -0.2) is 8.42 Å². The minimum atomic E-state index is -3.58. The number of benzene rings is 2. The van der Waals surface area contributed by atoms with Gasteiger partial charge in [-0.1, -0.05) is 17.7 Å². The zero-order valence-corrected chi connectivity index (χ0v) is 13.8. The second-order valence-corrected chi connectivity index (χ2v) is 7.31. The summed E-state index contributed by atoms with van der Waals surface area (Å²) >= 11 is 8.10. The summed E-state index contributed by atoms with van der Waals surface area (Å²) in [5.74, 6) is 0. The van der Waals surface area contributed by atoms with E-state index < -0.39 is 10.0 Å². The normalized spacial score (nSPS) is 11.3. The standard InChI is InChI=1S/C13H11ClINO2S/c1-9-12(14)3-2-4-13(9)16-19(17,18)11-7-5-10(15)6-8-11/h2-8,16H,1H3. The molecule has 2 rings (SSSR count). The molecule has 2 aromatic carbocycles. The van der Waals surface area contributed by atoms with Crippen molar-refractivity contribution in [1.29, 1.82) is 0 Å². The third-order valence-electron chi connectivity index (χ3n) is 2.64. The Labute approximate surface area is 131 Å². The molecule has 0 saturated carbocycles. The van der Waals surface area contributed by atoms with Gasteiger partial charge in [0.25, 0.3) is 10.0 Å². The first-order chi connectivity index (χ1) is 8.90. The van der Waals surface area contributed by atoms with Crippen molar-refractivity contribution in [2.45, 2.75) is 11.8 Å². The molecule has 100 valence electrons. The highest BCUT2D eigenvalue weighted by Gasteiger charge is 2.15. The van der Waals surface area contributed by atoms with Crippen LogP contribution in [0.4, 0.5) is 5.69 Å². The number of nitrogens with one attached hydrogen (secondary N) is 1. The predicted octanol–water partition coefficient (Wildman–Crippen LogP) is 4.05. The van der Waals surface area contributed by atoms with E-state index in [1.807, 2.05) is 0 Å². The quantitative estimate of drug-likeness (QED) is 0.780. The molecule has 19 heavy (non-hydrogen) atoms. The van der Waals surface area contributed by atoms with Crippen LogP contribution >= 0.6 is 34.2 Å². The summed E-state index contributed by atoms with van der Waals surface area (Å²) in [7, 11) is -3.58. The van der Waals surface area contributed by atoms with Crippen LogP contribution in [-0.4, -0.2) is 8.42 Å². The van der Waals surface area contributed by atoms with Crippen molar-refractivity contribution in [1.82, 2.24) is 0 Å². The van der Waals surface area contributed by atoms with Gasteiger partial charge in [0.2, 0.25) is 0 Å². The topological polar surface area (TPSA) is 46.2 Å². The lowest BCUT2D eigenvalue weighted by atomic mass is 10.2. The maximum atomic E-state index is 12.2. The zero-order chi connectivity index (χ0) is 14.0. The first-order valence-electron chi connectivity index (χ1n) is 5.43. The molecular formula is C13H11ClINO2S. The average molecular weight is 408 g/mol. The molecule has 0 unspecified atom stereocenters. The molecule has 0 bridgehead atoms. The number of rotatable bonds is 3. The lowest BCUT2D eigenvalue weighted by molar-refractivity contribution is 0.601. The monoisotopic (exact) mass is 407 g/mol. The van der Waals surface area contributed by atoms with Gasteiger partial charge in [-0.15, -0.1) is 0 Å². The fourth-order valence-corrected chi connectivity index (χ4v) is 3.19. The molecular weight excluding hydrogens is 397 g/mol. The molecule has 0 spiro atoms. The van der Waals surface area contributed by atoms with Gasteiger partial charge in [-0.05, 0) is 71.5 Å². The largest absolute Gasteiger partial charge is 0.279 e. The first-order valence-corrected chi connectivity index (χ1v) is 8.37. The van der Waals surface area contributed by atoms with Crippen molar-refractivity contribution >= 4 is 49.9 Å². The second-order valence-electron chi connectivity index (χ2n) is 3.97.